The van der Waals surface area contributed by atoms with E-state index < -0.39 is 5.60 Å². The van der Waals surface area contributed by atoms with Crippen LogP contribution in [0.15, 0.2) is 48.2 Å². The van der Waals surface area contributed by atoms with Gasteiger partial charge in [0.2, 0.25) is 0 Å². The molecule has 2 N–H and O–H groups in total. The van der Waals surface area contributed by atoms with Gasteiger partial charge < -0.3 is 15.0 Å². The maximum atomic E-state index is 12.5. The zero-order valence-corrected chi connectivity index (χ0v) is 13.7. The van der Waals surface area contributed by atoms with E-state index in [9.17, 15) is 9.90 Å². The largest absolute Gasteiger partial charge is 0.383 e. The van der Waals surface area contributed by atoms with Crippen molar-refractivity contribution in [1.29, 1.82) is 0 Å². The first kappa shape index (κ1) is 15.5. The van der Waals surface area contributed by atoms with Crippen LogP contribution in [-0.2, 0) is 12.6 Å². The molecule has 7 heteroatoms. The van der Waals surface area contributed by atoms with E-state index >= 15 is 0 Å². The molecule has 0 aliphatic rings. The third-order valence-corrected chi connectivity index (χ3v) is 4.77. The van der Waals surface area contributed by atoms with Gasteiger partial charge in [0.25, 0.3) is 5.91 Å². The van der Waals surface area contributed by atoms with Crippen molar-refractivity contribution in [1.82, 2.24) is 19.7 Å². The van der Waals surface area contributed by atoms with Gasteiger partial charge in [0.1, 0.15) is 17.0 Å². The minimum atomic E-state index is -1.10. The van der Waals surface area contributed by atoms with Crippen LogP contribution in [-0.4, -0.2) is 31.9 Å². The Bertz CT molecular complexity index is 788. The highest BCUT2D eigenvalue weighted by molar-refractivity contribution is 7.10. The summed E-state index contributed by atoms with van der Waals surface area (Å²) >= 11 is 1.46. The second kappa shape index (κ2) is 6.02. The van der Waals surface area contributed by atoms with E-state index in [1.807, 2.05) is 46.6 Å². The number of aliphatic hydroxyl groups is 1. The Morgan fingerprint density at radius 2 is 2.13 bits per heavy atom. The van der Waals surface area contributed by atoms with E-state index in [0.29, 0.717) is 11.4 Å². The molecule has 0 saturated carbocycles. The third kappa shape index (κ3) is 3.06. The summed E-state index contributed by atoms with van der Waals surface area (Å²) in [5.74, 6) is 0.418. The normalized spacial score (nSPS) is 13.7. The highest BCUT2D eigenvalue weighted by atomic mass is 32.1. The number of carbonyl (C=O) groups excluding carboxylic acids is 1. The standard InChI is InChI=1S/C16H18N4O2S/c1-16(22,13-6-5-9-23-13)11-17-14(21)12-10-18-19(2)15(12)20-7-3-4-8-20/h3-10,22H,11H2,1-2H3,(H,17,21)/t16-/m0/s1. The molecule has 0 aromatic carbocycles. The van der Waals surface area contributed by atoms with Crippen LogP contribution >= 0.6 is 11.3 Å². The number of hydrogen-bond acceptors (Lipinski definition) is 4. The molecular formula is C16H18N4O2S. The molecule has 3 rings (SSSR count). The Morgan fingerprint density at radius 1 is 1.39 bits per heavy atom. The summed E-state index contributed by atoms with van der Waals surface area (Å²) in [4.78, 5) is 13.3. The first-order chi connectivity index (χ1) is 11.0. The minimum Gasteiger partial charge on any atom is -0.383 e. The predicted molar refractivity (Wildman–Crippen MR) is 88.8 cm³/mol. The number of nitrogens with one attached hydrogen (secondary N) is 1. The summed E-state index contributed by atoms with van der Waals surface area (Å²) in [6, 6.07) is 7.50. The van der Waals surface area contributed by atoms with Crippen LogP contribution in [0.3, 0.4) is 0 Å². The van der Waals surface area contributed by atoms with Crippen molar-refractivity contribution >= 4 is 17.2 Å². The van der Waals surface area contributed by atoms with E-state index in [4.69, 9.17) is 0 Å². The molecular weight excluding hydrogens is 312 g/mol. The van der Waals surface area contributed by atoms with Gasteiger partial charge in [-0.25, -0.2) is 0 Å². The summed E-state index contributed by atoms with van der Waals surface area (Å²) in [7, 11) is 1.79. The van der Waals surface area contributed by atoms with Gasteiger partial charge in [-0.1, -0.05) is 6.07 Å². The summed E-state index contributed by atoms with van der Waals surface area (Å²) in [6.07, 6.45) is 5.25. The van der Waals surface area contributed by atoms with Gasteiger partial charge in [0.05, 0.1) is 12.7 Å². The fourth-order valence-corrected chi connectivity index (χ4v) is 3.18. The molecule has 0 fully saturated rings. The molecule has 0 aliphatic heterocycles. The summed E-state index contributed by atoms with van der Waals surface area (Å²) < 4.78 is 3.48. The molecule has 120 valence electrons. The number of aromatic nitrogens is 3. The lowest BCUT2D eigenvalue weighted by Gasteiger charge is -2.22. The number of carbonyl (C=O) groups is 1. The van der Waals surface area contributed by atoms with E-state index in [2.05, 4.69) is 10.4 Å². The second-order valence-corrected chi connectivity index (χ2v) is 6.48. The number of hydrogen-bond donors (Lipinski definition) is 2. The van der Waals surface area contributed by atoms with Gasteiger partial charge in [0, 0.05) is 24.3 Å². The predicted octanol–water partition coefficient (Wildman–Crippen LogP) is 1.91. The molecule has 23 heavy (non-hydrogen) atoms. The molecule has 0 spiro atoms. The fraction of sp³-hybridized carbons (Fsp3) is 0.250. The Hall–Kier alpha value is -2.38. The SMILES string of the molecule is Cn1ncc(C(=O)NC[C@](C)(O)c2cccs2)c1-n1cccc1. The lowest BCUT2D eigenvalue weighted by atomic mass is 10.1. The van der Waals surface area contributed by atoms with E-state index in [1.165, 1.54) is 17.5 Å². The molecule has 0 saturated heterocycles. The Morgan fingerprint density at radius 3 is 2.78 bits per heavy atom. The topological polar surface area (TPSA) is 72.1 Å². The zero-order chi connectivity index (χ0) is 16.4. The highest BCUT2D eigenvalue weighted by Crippen LogP contribution is 2.24. The van der Waals surface area contributed by atoms with Crippen LogP contribution in [0.25, 0.3) is 5.82 Å². The van der Waals surface area contributed by atoms with Gasteiger partial charge in [-0.3, -0.25) is 9.48 Å². The van der Waals surface area contributed by atoms with Crippen LogP contribution in [0.5, 0.6) is 0 Å². The average molecular weight is 330 g/mol. The second-order valence-electron chi connectivity index (χ2n) is 5.53. The van der Waals surface area contributed by atoms with Crippen LogP contribution < -0.4 is 5.32 Å². The number of aryl methyl sites for hydroxylation is 1. The van der Waals surface area contributed by atoms with Gasteiger partial charge in [0.15, 0.2) is 0 Å². The minimum absolute atomic E-state index is 0.131. The van der Waals surface area contributed by atoms with E-state index in [-0.39, 0.29) is 12.5 Å². The Kier molecular flexibility index (Phi) is 4.06. The summed E-state index contributed by atoms with van der Waals surface area (Å²) in [5, 5.41) is 19.4. The molecule has 1 amide bonds. The van der Waals surface area contributed by atoms with Crippen molar-refractivity contribution in [2.24, 2.45) is 7.05 Å². The van der Waals surface area contributed by atoms with Crippen LogP contribution in [0.1, 0.15) is 22.2 Å². The quantitative estimate of drug-likeness (QED) is 0.751. The average Bonchev–Trinajstić information content (AvgIpc) is 3.25. The first-order valence-corrected chi connectivity index (χ1v) is 8.07. The van der Waals surface area contributed by atoms with Crippen molar-refractivity contribution < 1.29 is 9.90 Å². The fourth-order valence-electron chi connectivity index (χ4n) is 2.39. The Balaban J connectivity index is 1.77. The molecule has 0 bridgehead atoms. The number of nitrogens with zero attached hydrogens (tertiary/aromatic N) is 3. The van der Waals surface area contributed by atoms with Gasteiger partial charge in [-0.05, 0) is 30.5 Å². The lowest BCUT2D eigenvalue weighted by molar-refractivity contribution is 0.0556. The monoisotopic (exact) mass is 330 g/mol. The van der Waals surface area contributed by atoms with Crippen LogP contribution in [0, 0.1) is 0 Å². The maximum absolute atomic E-state index is 12.5. The van der Waals surface area contributed by atoms with Crippen molar-refractivity contribution in [2.75, 3.05) is 6.54 Å². The van der Waals surface area contributed by atoms with Gasteiger partial charge in [-0.15, -0.1) is 11.3 Å². The third-order valence-electron chi connectivity index (χ3n) is 3.65. The molecule has 0 aliphatic carbocycles. The number of rotatable bonds is 5. The molecule has 3 heterocycles. The molecule has 3 aromatic rings. The molecule has 3 aromatic heterocycles. The lowest BCUT2D eigenvalue weighted by Crippen LogP contribution is -2.38. The highest BCUT2D eigenvalue weighted by Gasteiger charge is 2.26. The summed E-state index contributed by atoms with van der Waals surface area (Å²) in [5.41, 5.74) is -0.634. The van der Waals surface area contributed by atoms with Crippen molar-refractivity contribution in [3.05, 3.63) is 58.7 Å². The molecule has 6 nitrogen and oxygen atoms in total. The van der Waals surface area contributed by atoms with Gasteiger partial charge in [-0.2, -0.15) is 5.10 Å². The number of amides is 1. The molecule has 1 atom stereocenters. The van der Waals surface area contributed by atoms with Crippen LogP contribution in [0.2, 0.25) is 0 Å². The first-order valence-electron chi connectivity index (χ1n) is 7.19. The Labute approximate surface area is 138 Å². The number of thiophene rings is 1. The summed E-state index contributed by atoms with van der Waals surface area (Å²) in [6.45, 7) is 1.82. The molecule has 0 radical (unpaired) electrons. The van der Waals surface area contributed by atoms with Crippen molar-refractivity contribution in [3.63, 3.8) is 0 Å². The van der Waals surface area contributed by atoms with Gasteiger partial charge >= 0.3 is 0 Å². The smallest absolute Gasteiger partial charge is 0.256 e. The van der Waals surface area contributed by atoms with Crippen molar-refractivity contribution in [3.8, 4) is 5.82 Å². The maximum Gasteiger partial charge on any atom is 0.256 e. The van der Waals surface area contributed by atoms with E-state index in [1.54, 1.807) is 18.7 Å². The van der Waals surface area contributed by atoms with E-state index in [0.717, 1.165) is 4.88 Å². The zero-order valence-electron chi connectivity index (χ0n) is 12.9. The van der Waals surface area contributed by atoms with Crippen molar-refractivity contribution in [2.45, 2.75) is 12.5 Å². The van der Waals surface area contributed by atoms with Crippen LogP contribution in [0.4, 0.5) is 0 Å². The molecule has 0 unspecified atom stereocenters.